The molecular weight excluding hydrogens is 648 g/mol. The Hall–Kier alpha value is -6.01. The zero-order valence-electron chi connectivity index (χ0n) is 26.9. The number of aromatic nitrogens is 4. The first-order valence-corrected chi connectivity index (χ1v) is 16.9. The van der Waals surface area contributed by atoms with Gasteiger partial charge >= 0.3 is 23.7 Å². The Morgan fingerprint density at radius 2 is 0.540 bits per heavy atom. The van der Waals surface area contributed by atoms with E-state index in [1.54, 1.807) is 0 Å². The van der Waals surface area contributed by atoms with Crippen molar-refractivity contribution in [2.24, 2.45) is 0 Å². The maximum atomic E-state index is 8.25. The van der Waals surface area contributed by atoms with Gasteiger partial charge in [-0.15, -0.1) is 22.1 Å². The summed E-state index contributed by atoms with van der Waals surface area (Å²) in [5, 5.41) is 0. The second-order valence-electron chi connectivity index (χ2n) is 11.8. The molecular formula is C44H28N4OTi. The number of hydrogen-bond donors (Lipinski definition) is 0. The number of fused-ring (bicyclic) bond motifs is 8. The van der Waals surface area contributed by atoms with Crippen molar-refractivity contribution >= 4 is 46.4 Å². The van der Waals surface area contributed by atoms with Gasteiger partial charge in [0.05, 0.1) is 22.8 Å². The van der Waals surface area contributed by atoms with E-state index in [0.29, 0.717) is 0 Å². The van der Waals surface area contributed by atoms with Crippen LogP contribution in [-0.4, -0.2) is 9.97 Å². The minimum atomic E-state index is 0.750. The Kier molecular flexibility index (Phi) is 8.66. The summed E-state index contributed by atoms with van der Waals surface area (Å²) in [7, 11) is 0. The van der Waals surface area contributed by atoms with Gasteiger partial charge in [-0.05, 0) is 68.8 Å². The van der Waals surface area contributed by atoms with E-state index in [1.807, 2.05) is 24.3 Å². The van der Waals surface area contributed by atoms with Crippen molar-refractivity contribution in [2.45, 2.75) is 0 Å². The van der Waals surface area contributed by atoms with Gasteiger partial charge in [-0.3, -0.25) is 0 Å². The van der Waals surface area contributed by atoms with E-state index in [0.717, 1.165) is 110 Å². The number of nitrogens with zero attached hydrogens (tertiary/aromatic N) is 4. The molecule has 50 heavy (non-hydrogen) atoms. The topological polar surface area (TPSA) is 71.1 Å². The zero-order chi connectivity index (χ0) is 33.9. The van der Waals surface area contributed by atoms with Gasteiger partial charge in [0.2, 0.25) is 0 Å². The molecule has 8 bridgehead atoms. The average molecular weight is 677 g/mol. The molecule has 0 spiro atoms. The maximum absolute atomic E-state index is 8.25. The van der Waals surface area contributed by atoms with Gasteiger partial charge in [0, 0.05) is 0 Å². The number of benzene rings is 4. The second kappa shape index (κ2) is 13.8. The zero-order valence-corrected chi connectivity index (χ0v) is 28.4. The van der Waals surface area contributed by atoms with Crippen molar-refractivity contribution in [3.63, 3.8) is 0 Å². The van der Waals surface area contributed by atoms with Crippen molar-refractivity contribution < 1.29 is 23.7 Å². The Labute approximate surface area is 301 Å². The van der Waals surface area contributed by atoms with Crippen molar-refractivity contribution in [3.05, 3.63) is 168 Å². The molecule has 0 amide bonds. The van der Waals surface area contributed by atoms with Crippen LogP contribution in [0.2, 0.25) is 0 Å². The van der Waals surface area contributed by atoms with E-state index in [2.05, 4.69) is 146 Å². The molecule has 0 saturated carbocycles. The van der Waals surface area contributed by atoms with Crippen molar-refractivity contribution in [1.82, 2.24) is 19.9 Å². The van der Waals surface area contributed by atoms with Crippen LogP contribution in [0.3, 0.4) is 0 Å². The van der Waals surface area contributed by atoms with Gasteiger partial charge in [-0.25, -0.2) is 9.97 Å². The molecule has 7 aromatic rings. The van der Waals surface area contributed by atoms with E-state index in [1.165, 1.54) is 0 Å². The number of hydrogen-bond acceptors (Lipinski definition) is 3. The average Bonchev–Trinajstić information content (AvgIpc) is 4.02. The molecule has 6 heteroatoms. The van der Waals surface area contributed by atoms with Crippen LogP contribution in [0, 0.1) is 0 Å². The first-order chi connectivity index (χ1) is 24.8. The molecule has 2 aliphatic heterocycles. The first kappa shape index (κ1) is 31.3. The quantitative estimate of drug-likeness (QED) is 0.174. The molecule has 5 heterocycles. The van der Waals surface area contributed by atoms with Gasteiger partial charge in [0.1, 0.15) is 0 Å². The van der Waals surface area contributed by atoms with Crippen molar-refractivity contribution in [1.29, 1.82) is 0 Å². The first-order valence-electron chi connectivity index (χ1n) is 16.3. The third-order valence-corrected chi connectivity index (χ3v) is 8.86. The van der Waals surface area contributed by atoms with Crippen LogP contribution in [0.25, 0.3) is 90.9 Å². The molecule has 3 aromatic heterocycles. The van der Waals surface area contributed by atoms with Crippen molar-refractivity contribution in [3.8, 4) is 44.5 Å². The summed E-state index contributed by atoms with van der Waals surface area (Å²) in [6.45, 7) is 0. The van der Waals surface area contributed by atoms with Crippen LogP contribution in [-0.2, 0) is 23.7 Å². The summed E-state index contributed by atoms with van der Waals surface area (Å²) in [5.41, 5.74) is 15.0. The standard InChI is InChI=1S/C44H28N4.O.Ti/c1-5-13-29(14-6-1)41-33-21-23-35(45-33)42(30-15-7-2-8-16-30)37-25-27-39(47-37)44(32-19-11-4-12-20-32)40-28-26-38(48-40)43(31-17-9-3-10-18-31)36-24-22-34(41)46-36;;/h1-28H;;/q-2;;+2. The van der Waals surface area contributed by atoms with E-state index in [-0.39, 0.29) is 0 Å². The molecule has 0 N–H and O–H groups in total. The van der Waals surface area contributed by atoms with E-state index in [4.69, 9.17) is 23.3 Å². The van der Waals surface area contributed by atoms with Crippen molar-refractivity contribution in [2.75, 3.05) is 0 Å². The predicted octanol–water partition coefficient (Wildman–Crippen LogP) is 10.5. The summed E-state index contributed by atoms with van der Waals surface area (Å²) >= 11 is 0.750. The van der Waals surface area contributed by atoms with Gasteiger partial charge in [0.25, 0.3) is 0 Å². The van der Waals surface area contributed by atoms with Gasteiger partial charge in [0.15, 0.2) is 0 Å². The molecule has 0 saturated heterocycles. The molecule has 9 rings (SSSR count). The molecule has 0 fully saturated rings. The van der Waals surface area contributed by atoms with Crippen LogP contribution in [0.1, 0.15) is 22.8 Å². The minimum absolute atomic E-state index is 0.750. The molecule has 5 nitrogen and oxygen atoms in total. The molecule has 0 aliphatic carbocycles. The number of rotatable bonds is 4. The summed E-state index contributed by atoms with van der Waals surface area (Å²) in [4.78, 5) is 21.2. The normalized spacial score (nSPS) is 11.6. The fourth-order valence-electron chi connectivity index (χ4n) is 6.69. The second-order valence-corrected chi connectivity index (χ2v) is 11.8. The van der Waals surface area contributed by atoms with E-state index < -0.39 is 0 Å². The Balaban J connectivity index is 0.00000177. The van der Waals surface area contributed by atoms with Gasteiger partial charge in [-0.1, -0.05) is 146 Å². The van der Waals surface area contributed by atoms with E-state index >= 15 is 0 Å². The van der Waals surface area contributed by atoms with E-state index in [9.17, 15) is 0 Å². The van der Waals surface area contributed by atoms with Crippen LogP contribution in [0.5, 0.6) is 0 Å². The van der Waals surface area contributed by atoms with Gasteiger partial charge < -0.3 is 9.97 Å². The molecule has 0 atom stereocenters. The Morgan fingerprint density at radius 1 is 0.320 bits per heavy atom. The Morgan fingerprint density at radius 3 is 0.760 bits per heavy atom. The molecule has 0 unspecified atom stereocenters. The van der Waals surface area contributed by atoms with Crippen LogP contribution in [0.15, 0.2) is 146 Å². The predicted molar refractivity (Wildman–Crippen MR) is 199 cm³/mol. The van der Waals surface area contributed by atoms with Crippen LogP contribution < -0.4 is 9.97 Å². The summed E-state index contributed by atoms with van der Waals surface area (Å²) in [6.07, 6.45) is 8.41. The monoisotopic (exact) mass is 676 g/mol. The fourth-order valence-corrected chi connectivity index (χ4v) is 6.69. The third-order valence-electron chi connectivity index (χ3n) is 8.86. The summed E-state index contributed by atoms with van der Waals surface area (Å²) < 4.78 is 8.25. The molecule has 234 valence electrons. The molecule has 4 aromatic carbocycles. The van der Waals surface area contributed by atoms with Crippen LogP contribution >= 0.6 is 0 Å². The summed E-state index contributed by atoms with van der Waals surface area (Å²) in [5.74, 6) is 0. The van der Waals surface area contributed by atoms with Crippen LogP contribution in [0.4, 0.5) is 0 Å². The Bertz CT molecular complexity index is 2210. The summed E-state index contributed by atoms with van der Waals surface area (Å²) in [6, 6.07) is 50.0. The third kappa shape index (κ3) is 5.83. The molecule has 2 aliphatic rings. The van der Waals surface area contributed by atoms with Gasteiger partial charge in [-0.2, -0.15) is 0 Å². The SMILES string of the molecule is C1=Cc2nc1c(-c1ccccc1)c1ccc([n-]1)c(-c1ccccc1)c1nc(c(-c3ccccc3)c3ccc([n-]3)c2-c2ccccc2)C=C1.[O]=[Ti+2]. The molecule has 0 radical (unpaired) electrons. The fraction of sp³-hybridized carbons (Fsp3) is 0.